The van der Waals surface area contributed by atoms with Crippen molar-refractivity contribution in [2.75, 3.05) is 0 Å². The van der Waals surface area contributed by atoms with Crippen molar-refractivity contribution in [3.63, 3.8) is 0 Å². The van der Waals surface area contributed by atoms with Gasteiger partial charge in [0.15, 0.2) is 0 Å². The number of carbonyl (C=O) groups is 1. The van der Waals surface area contributed by atoms with E-state index >= 15 is 0 Å². The summed E-state index contributed by atoms with van der Waals surface area (Å²) < 4.78 is 5.63. The Balaban J connectivity index is 1.63. The molecule has 1 aromatic heterocycles. The van der Waals surface area contributed by atoms with Gasteiger partial charge < -0.3 is 10.1 Å². The highest BCUT2D eigenvalue weighted by atomic mass is 32.1. The summed E-state index contributed by atoms with van der Waals surface area (Å²) in [5.74, 6) is 0.665. The van der Waals surface area contributed by atoms with E-state index in [0.717, 1.165) is 18.5 Å². The molecule has 1 fully saturated rings. The highest BCUT2D eigenvalue weighted by Crippen LogP contribution is 2.20. The first-order chi connectivity index (χ1) is 9.31. The summed E-state index contributed by atoms with van der Waals surface area (Å²) in [6, 6.07) is 7.61. The lowest BCUT2D eigenvalue weighted by atomic mass is 10.2. The number of hydrogen-bond acceptors (Lipinski definition) is 4. The molecule has 1 saturated carbocycles. The number of nitrogens with zero attached hydrogens (tertiary/aromatic N) is 1. The van der Waals surface area contributed by atoms with Crippen molar-refractivity contribution in [3.05, 3.63) is 46.4 Å². The molecule has 1 N–H and O–H groups in total. The summed E-state index contributed by atoms with van der Waals surface area (Å²) in [4.78, 5) is 16.1. The van der Waals surface area contributed by atoms with Crippen LogP contribution >= 0.6 is 11.3 Å². The molecule has 3 rings (SSSR count). The fourth-order valence-corrected chi connectivity index (χ4v) is 2.23. The molecule has 0 unspecified atom stereocenters. The van der Waals surface area contributed by atoms with Gasteiger partial charge in [-0.05, 0) is 31.0 Å². The van der Waals surface area contributed by atoms with Crippen molar-refractivity contribution in [2.45, 2.75) is 25.5 Å². The standard InChI is InChI=1S/C14H14N2O2S/c17-14(16-11-4-5-11)10-2-1-3-13(6-10)18-7-12-8-19-9-15-12/h1-3,6,8-9,11H,4-5,7H2,(H,16,17). The Morgan fingerprint density at radius 3 is 3.11 bits per heavy atom. The first-order valence-corrected chi connectivity index (χ1v) is 7.16. The van der Waals surface area contributed by atoms with E-state index in [9.17, 15) is 4.79 Å². The van der Waals surface area contributed by atoms with Crippen molar-refractivity contribution < 1.29 is 9.53 Å². The number of benzene rings is 1. The van der Waals surface area contributed by atoms with Crippen molar-refractivity contribution in [2.24, 2.45) is 0 Å². The van der Waals surface area contributed by atoms with Gasteiger partial charge in [-0.25, -0.2) is 4.98 Å². The molecule has 1 aliphatic carbocycles. The predicted octanol–water partition coefficient (Wildman–Crippen LogP) is 2.61. The third kappa shape index (κ3) is 3.32. The van der Waals surface area contributed by atoms with E-state index in [-0.39, 0.29) is 5.91 Å². The smallest absolute Gasteiger partial charge is 0.251 e. The van der Waals surface area contributed by atoms with Crippen LogP contribution in [0.25, 0.3) is 0 Å². The van der Waals surface area contributed by atoms with Crippen LogP contribution in [0.1, 0.15) is 28.9 Å². The molecule has 0 saturated heterocycles. The lowest BCUT2D eigenvalue weighted by molar-refractivity contribution is 0.0950. The SMILES string of the molecule is O=C(NC1CC1)c1cccc(OCc2cscn2)c1. The van der Waals surface area contributed by atoms with Gasteiger partial charge in [0.05, 0.1) is 11.2 Å². The number of thiazole rings is 1. The molecular formula is C14H14N2O2S. The van der Waals surface area contributed by atoms with E-state index in [4.69, 9.17) is 4.74 Å². The lowest BCUT2D eigenvalue weighted by Crippen LogP contribution is -2.25. The maximum absolute atomic E-state index is 11.9. The van der Waals surface area contributed by atoms with E-state index in [1.807, 2.05) is 17.5 Å². The number of nitrogens with one attached hydrogen (secondary N) is 1. The zero-order valence-corrected chi connectivity index (χ0v) is 11.2. The molecule has 1 amide bonds. The fraction of sp³-hybridized carbons (Fsp3) is 0.286. The summed E-state index contributed by atoms with van der Waals surface area (Å²) in [5, 5.41) is 4.91. The Morgan fingerprint density at radius 2 is 2.37 bits per heavy atom. The molecule has 0 atom stereocenters. The van der Waals surface area contributed by atoms with Gasteiger partial charge in [-0.15, -0.1) is 11.3 Å². The van der Waals surface area contributed by atoms with Crippen molar-refractivity contribution in [1.29, 1.82) is 0 Å². The maximum atomic E-state index is 11.9. The van der Waals surface area contributed by atoms with E-state index in [1.165, 1.54) is 0 Å². The molecule has 19 heavy (non-hydrogen) atoms. The second-order valence-electron chi connectivity index (χ2n) is 4.54. The first-order valence-electron chi connectivity index (χ1n) is 6.22. The number of hydrogen-bond donors (Lipinski definition) is 1. The molecule has 1 aliphatic rings. The summed E-state index contributed by atoms with van der Waals surface area (Å²) in [6.45, 7) is 0.428. The minimum Gasteiger partial charge on any atom is -0.487 e. The molecule has 0 aliphatic heterocycles. The number of carbonyl (C=O) groups excluding carboxylic acids is 1. The van der Waals surface area contributed by atoms with Gasteiger partial charge >= 0.3 is 0 Å². The van der Waals surface area contributed by atoms with Crippen molar-refractivity contribution in [1.82, 2.24) is 10.3 Å². The van der Waals surface area contributed by atoms with E-state index in [1.54, 1.807) is 29.0 Å². The van der Waals surface area contributed by atoms with Crippen LogP contribution in [0.15, 0.2) is 35.2 Å². The number of amides is 1. The third-order valence-electron chi connectivity index (χ3n) is 2.88. The number of rotatable bonds is 5. The minimum atomic E-state index is -0.0263. The van der Waals surface area contributed by atoms with Gasteiger partial charge in [0.25, 0.3) is 5.91 Å². The summed E-state index contributed by atoms with van der Waals surface area (Å²) in [7, 11) is 0. The maximum Gasteiger partial charge on any atom is 0.251 e. The molecule has 0 bridgehead atoms. The Hall–Kier alpha value is -1.88. The summed E-state index contributed by atoms with van der Waals surface area (Å²) >= 11 is 1.54. The molecule has 5 heteroatoms. The largest absolute Gasteiger partial charge is 0.487 e. The van der Waals surface area contributed by atoms with E-state index < -0.39 is 0 Å². The molecule has 0 radical (unpaired) electrons. The van der Waals surface area contributed by atoms with E-state index in [2.05, 4.69) is 10.3 Å². The van der Waals surface area contributed by atoms with E-state index in [0.29, 0.717) is 24.0 Å². The number of ether oxygens (including phenoxy) is 1. The minimum absolute atomic E-state index is 0.0263. The van der Waals surface area contributed by atoms with Crippen LogP contribution in [0, 0.1) is 0 Å². The van der Waals surface area contributed by atoms with Gasteiger partial charge in [0.1, 0.15) is 12.4 Å². The normalized spacial score (nSPS) is 14.1. The second-order valence-corrected chi connectivity index (χ2v) is 5.26. The van der Waals surface area contributed by atoms with Crippen LogP contribution in [0.3, 0.4) is 0 Å². The van der Waals surface area contributed by atoms with Crippen LogP contribution in [0.4, 0.5) is 0 Å². The van der Waals surface area contributed by atoms with Crippen LogP contribution in [0.5, 0.6) is 5.75 Å². The average Bonchev–Trinajstić information content (AvgIpc) is 3.09. The van der Waals surface area contributed by atoms with Crippen LogP contribution in [-0.2, 0) is 6.61 Å². The quantitative estimate of drug-likeness (QED) is 0.911. The Bertz CT molecular complexity index is 565. The Morgan fingerprint density at radius 1 is 1.47 bits per heavy atom. The first kappa shape index (κ1) is 12.2. The zero-order chi connectivity index (χ0) is 13.1. The highest BCUT2D eigenvalue weighted by molar-refractivity contribution is 7.07. The number of aromatic nitrogens is 1. The highest BCUT2D eigenvalue weighted by Gasteiger charge is 2.23. The molecule has 0 spiro atoms. The van der Waals surface area contributed by atoms with Gasteiger partial charge in [0, 0.05) is 17.0 Å². The van der Waals surface area contributed by atoms with Gasteiger partial charge in [-0.3, -0.25) is 4.79 Å². The Kier molecular flexibility index (Phi) is 3.46. The van der Waals surface area contributed by atoms with Crippen molar-refractivity contribution in [3.8, 4) is 5.75 Å². The van der Waals surface area contributed by atoms with Crippen LogP contribution < -0.4 is 10.1 Å². The lowest BCUT2D eigenvalue weighted by Gasteiger charge is -2.07. The topological polar surface area (TPSA) is 51.2 Å². The monoisotopic (exact) mass is 274 g/mol. The zero-order valence-electron chi connectivity index (χ0n) is 10.3. The van der Waals surface area contributed by atoms with Gasteiger partial charge in [-0.1, -0.05) is 6.07 Å². The van der Waals surface area contributed by atoms with Crippen LogP contribution in [-0.4, -0.2) is 16.9 Å². The average molecular weight is 274 g/mol. The summed E-state index contributed by atoms with van der Waals surface area (Å²) in [6.07, 6.45) is 2.18. The van der Waals surface area contributed by atoms with Gasteiger partial charge in [0.2, 0.25) is 0 Å². The third-order valence-corrected chi connectivity index (χ3v) is 3.51. The molecule has 2 aromatic rings. The summed E-state index contributed by atoms with van der Waals surface area (Å²) in [5.41, 5.74) is 3.32. The predicted molar refractivity (Wildman–Crippen MR) is 73.4 cm³/mol. The fourth-order valence-electron chi connectivity index (χ4n) is 1.69. The molecule has 1 aromatic carbocycles. The molecular weight excluding hydrogens is 260 g/mol. The second kappa shape index (κ2) is 5.40. The molecule has 98 valence electrons. The van der Waals surface area contributed by atoms with Gasteiger partial charge in [-0.2, -0.15) is 0 Å². The molecule has 4 nitrogen and oxygen atoms in total. The molecule has 1 heterocycles. The Labute approximate surface area is 115 Å². The van der Waals surface area contributed by atoms with Crippen LogP contribution in [0.2, 0.25) is 0 Å². The van der Waals surface area contributed by atoms with Crippen molar-refractivity contribution >= 4 is 17.2 Å².